The molecule has 0 bridgehead atoms. The van der Waals surface area contributed by atoms with Crippen molar-refractivity contribution >= 4 is 5.97 Å². The fourth-order valence-corrected chi connectivity index (χ4v) is 1.19. The summed E-state index contributed by atoms with van der Waals surface area (Å²) in [4.78, 5) is 10.9. The fourth-order valence-electron chi connectivity index (χ4n) is 1.19. The van der Waals surface area contributed by atoms with E-state index in [0.717, 1.165) is 32.3 Å². The summed E-state index contributed by atoms with van der Waals surface area (Å²) in [5.74, 6) is -0.289. The highest BCUT2D eigenvalue weighted by Crippen LogP contribution is 2.18. The maximum Gasteiger partial charge on any atom is 0.333 e. The number of unbranched alkanes of at least 4 members (excludes halogenated alkanes) is 1. The van der Waals surface area contributed by atoms with E-state index < -0.39 is 0 Å². The zero-order chi connectivity index (χ0) is 9.68. The van der Waals surface area contributed by atoms with Gasteiger partial charge in [-0.25, -0.2) is 4.79 Å². The summed E-state index contributed by atoms with van der Waals surface area (Å²) in [5, 5.41) is 0. The molecule has 0 radical (unpaired) electrons. The van der Waals surface area contributed by atoms with Gasteiger partial charge in [0.05, 0.1) is 19.8 Å². The van der Waals surface area contributed by atoms with Crippen LogP contribution in [0.2, 0.25) is 0 Å². The summed E-state index contributed by atoms with van der Waals surface area (Å²) in [6.45, 7) is 4.57. The average Bonchev–Trinajstić information content (AvgIpc) is 2.94. The van der Waals surface area contributed by atoms with Crippen molar-refractivity contribution in [2.75, 3.05) is 13.7 Å². The molecule has 1 fully saturated rings. The van der Waals surface area contributed by atoms with E-state index in [-0.39, 0.29) is 5.97 Å². The van der Waals surface area contributed by atoms with Crippen LogP contribution in [-0.2, 0) is 14.3 Å². The first kappa shape index (κ1) is 10.3. The predicted octanol–water partition coefficient (Wildman–Crippen LogP) is 1.67. The molecule has 0 N–H and O–H groups in total. The Bertz CT molecular complexity index is 194. The molecule has 1 unspecified atom stereocenters. The van der Waals surface area contributed by atoms with Crippen LogP contribution in [0.3, 0.4) is 0 Å². The van der Waals surface area contributed by atoms with E-state index in [1.807, 2.05) is 0 Å². The normalized spacial score (nSPS) is 19.6. The summed E-state index contributed by atoms with van der Waals surface area (Å²) >= 11 is 0. The van der Waals surface area contributed by atoms with Gasteiger partial charge in [0.1, 0.15) is 0 Å². The molecule has 0 aromatic heterocycles. The number of ether oxygens (including phenoxy) is 2. The van der Waals surface area contributed by atoms with Gasteiger partial charge >= 0.3 is 5.97 Å². The van der Waals surface area contributed by atoms with Crippen molar-refractivity contribution in [2.24, 2.45) is 0 Å². The van der Waals surface area contributed by atoms with Crippen molar-refractivity contribution in [1.82, 2.24) is 0 Å². The van der Waals surface area contributed by atoms with Crippen LogP contribution in [0.25, 0.3) is 0 Å². The maximum atomic E-state index is 10.9. The Morgan fingerprint density at radius 2 is 2.31 bits per heavy atom. The average molecular weight is 184 g/mol. The molecular formula is C10H16O3. The topological polar surface area (TPSA) is 38.8 Å². The van der Waals surface area contributed by atoms with Gasteiger partial charge in [0.15, 0.2) is 0 Å². The summed E-state index contributed by atoms with van der Waals surface area (Å²) in [6.07, 6.45) is 4.42. The molecule has 1 aliphatic rings. The van der Waals surface area contributed by atoms with Gasteiger partial charge in [-0.15, -0.1) is 0 Å². The first-order chi connectivity index (χ1) is 6.24. The van der Waals surface area contributed by atoms with Crippen LogP contribution in [-0.4, -0.2) is 25.8 Å². The third kappa shape index (κ3) is 4.08. The monoisotopic (exact) mass is 184 g/mol. The van der Waals surface area contributed by atoms with Gasteiger partial charge in [-0.1, -0.05) is 13.0 Å². The fraction of sp³-hybridized carbons (Fsp3) is 0.700. The molecule has 1 heterocycles. The van der Waals surface area contributed by atoms with Gasteiger partial charge in [-0.05, 0) is 19.3 Å². The van der Waals surface area contributed by atoms with Crippen LogP contribution in [0.1, 0.15) is 25.7 Å². The molecule has 1 rings (SSSR count). The molecule has 3 nitrogen and oxygen atoms in total. The molecule has 13 heavy (non-hydrogen) atoms. The molecule has 0 aromatic rings. The standard InChI is InChI=1S/C10H16O3/c1-8(10(11)12-2)5-3-4-6-9-7-13-9/h9H,1,3-7H2,2H3. The van der Waals surface area contributed by atoms with Crippen molar-refractivity contribution in [3.63, 3.8) is 0 Å². The van der Waals surface area contributed by atoms with E-state index in [4.69, 9.17) is 4.74 Å². The number of hydrogen-bond donors (Lipinski definition) is 0. The number of carbonyl (C=O) groups is 1. The van der Waals surface area contributed by atoms with Gasteiger partial charge in [0.25, 0.3) is 0 Å². The minimum Gasteiger partial charge on any atom is -0.466 e. The molecule has 74 valence electrons. The zero-order valence-corrected chi connectivity index (χ0v) is 8.04. The van der Waals surface area contributed by atoms with Crippen LogP contribution >= 0.6 is 0 Å². The smallest absolute Gasteiger partial charge is 0.333 e. The van der Waals surface area contributed by atoms with Crippen molar-refractivity contribution in [2.45, 2.75) is 31.8 Å². The molecular weight excluding hydrogens is 168 g/mol. The van der Waals surface area contributed by atoms with Crippen molar-refractivity contribution in [3.05, 3.63) is 12.2 Å². The minimum atomic E-state index is -0.289. The van der Waals surface area contributed by atoms with E-state index in [1.165, 1.54) is 7.11 Å². The quantitative estimate of drug-likeness (QED) is 0.273. The first-order valence-corrected chi connectivity index (χ1v) is 4.61. The molecule has 1 saturated heterocycles. The summed E-state index contributed by atoms with van der Waals surface area (Å²) in [5.41, 5.74) is 0.569. The Morgan fingerprint density at radius 1 is 1.62 bits per heavy atom. The molecule has 1 atom stereocenters. The molecule has 0 aromatic carbocycles. The van der Waals surface area contributed by atoms with Gasteiger partial charge in [0.2, 0.25) is 0 Å². The van der Waals surface area contributed by atoms with Crippen molar-refractivity contribution in [3.8, 4) is 0 Å². The summed E-state index contributed by atoms with van der Waals surface area (Å²) in [6, 6.07) is 0. The van der Waals surface area contributed by atoms with Crippen LogP contribution in [0, 0.1) is 0 Å². The van der Waals surface area contributed by atoms with Crippen molar-refractivity contribution in [1.29, 1.82) is 0 Å². The predicted molar refractivity (Wildman–Crippen MR) is 49.4 cm³/mol. The van der Waals surface area contributed by atoms with E-state index in [9.17, 15) is 4.79 Å². The lowest BCUT2D eigenvalue weighted by atomic mass is 10.1. The zero-order valence-electron chi connectivity index (χ0n) is 8.04. The highest BCUT2D eigenvalue weighted by atomic mass is 16.6. The van der Waals surface area contributed by atoms with E-state index in [2.05, 4.69) is 11.3 Å². The van der Waals surface area contributed by atoms with Gasteiger partial charge in [-0.3, -0.25) is 0 Å². The molecule has 0 amide bonds. The Morgan fingerprint density at radius 3 is 2.85 bits per heavy atom. The van der Waals surface area contributed by atoms with Crippen LogP contribution in [0.15, 0.2) is 12.2 Å². The Labute approximate surface area is 78.7 Å². The Kier molecular flexibility index (Phi) is 3.96. The number of epoxide rings is 1. The van der Waals surface area contributed by atoms with Crippen LogP contribution < -0.4 is 0 Å². The lowest BCUT2D eigenvalue weighted by Gasteiger charge is -2.02. The number of carbonyl (C=O) groups excluding carboxylic acids is 1. The van der Waals surface area contributed by atoms with E-state index >= 15 is 0 Å². The maximum absolute atomic E-state index is 10.9. The highest BCUT2D eigenvalue weighted by Gasteiger charge is 2.21. The molecule has 1 aliphatic heterocycles. The lowest BCUT2D eigenvalue weighted by Crippen LogP contribution is -2.03. The summed E-state index contributed by atoms with van der Waals surface area (Å²) < 4.78 is 9.61. The second-order valence-corrected chi connectivity index (χ2v) is 3.30. The minimum absolute atomic E-state index is 0.289. The van der Waals surface area contributed by atoms with E-state index in [1.54, 1.807) is 0 Å². The lowest BCUT2D eigenvalue weighted by molar-refractivity contribution is -0.136. The molecule has 0 spiro atoms. The van der Waals surface area contributed by atoms with E-state index in [0.29, 0.717) is 11.7 Å². The second kappa shape index (κ2) is 5.02. The first-order valence-electron chi connectivity index (χ1n) is 4.61. The largest absolute Gasteiger partial charge is 0.466 e. The van der Waals surface area contributed by atoms with Gasteiger partial charge in [-0.2, -0.15) is 0 Å². The molecule has 0 saturated carbocycles. The molecule has 0 aliphatic carbocycles. The third-order valence-electron chi connectivity index (χ3n) is 2.13. The second-order valence-electron chi connectivity index (χ2n) is 3.30. The number of rotatable bonds is 6. The van der Waals surface area contributed by atoms with Crippen LogP contribution in [0.4, 0.5) is 0 Å². The summed E-state index contributed by atoms with van der Waals surface area (Å²) in [7, 11) is 1.38. The Balaban J connectivity index is 1.97. The third-order valence-corrected chi connectivity index (χ3v) is 2.13. The molecule has 3 heteroatoms. The van der Waals surface area contributed by atoms with Gasteiger partial charge < -0.3 is 9.47 Å². The number of hydrogen-bond acceptors (Lipinski definition) is 3. The Hall–Kier alpha value is -0.830. The highest BCUT2D eigenvalue weighted by molar-refractivity contribution is 5.87. The number of methoxy groups -OCH3 is 1. The van der Waals surface area contributed by atoms with Crippen LogP contribution in [0.5, 0.6) is 0 Å². The van der Waals surface area contributed by atoms with Crippen molar-refractivity contribution < 1.29 is 14.3 Å². The SMILES string of the molecule is C=C(CCCCC1CO1)C(=O)OC. The number of esters is 1. The van der Waals surface area contributed by atoms with Gasteiger partial charge in [0, 0.05) is 5.57 Å².